The van der Waals surface area contributed by atoms with Crippen molar-refractivity contribution in [1.82, 2.24) is 4.90 Å². The standard InChI is InChI=1S/C14H27NO2/c1-4-11(3)15(10-14(16)17)13-8-6-12(5-2)7-9-13/h11-13H,4-10H2,1-3H3,(H,16,17). The molecular formula is C14H27NO2. The second-order valence-electron chi connectivity index (χ2n) is 5.41. The van der Waals surface area contributed by atoms with E-state index in [1.54, 1.807) is 0 Å². The third-order valence-electron chi connectivity index (χ3n) is 4.34. The van der Waals surface area contributed by atoms with Crippen molar-refractivity contribution in [2.45, 2.75) is 71.4 Å². The summed E-state index contributed by atoms with van der Waals surface area (Å²) in [5, 5.41) is 9.02. The fourth-order valence-electron chi connectivity index (χ4n) is 2.92. The van der Waals surface area contributed by atoms with Crippen molar-refractivity contribution in [3.05, 3.63) is 0 Å². The van der Waals surface area contributed by atoms with Crippen LogP contribution < -0.4 is 0 Å². The van der Waals surface area contributed by atoms with Crippen molar-refractivity contribution in [3.8, 4) is 0 Å². The molecule has 0 radical (unpaired) electrons. The number of hydrogen-bond acceptors (Lipinski definition) is 2. The van der Waals surface area contributed by atoms with Crippen LogP contribution in [0.3, 0.4) is 0 Å². The van der Waals surface area contributed by atoms with Gasteiger partial charge >= 0.3 is 5.97 Å². The predicted molar refractivity (Wildman–Crippen MR) is 70.1 cm³/mol. The lowest BCUT2D eigenvalue weighted by atomic mass is 9.83. The molecule has 1 rings (SSSR count). The van der Waals surface area contributed by atoms with E-state index in [0.717, 1.165) is 12.3 Å². The van der Waals surface area contributed by atoms with Gasteiger partial charge in [0.15, 0.2) is 0 Å². The van der Waals surface area contributed by atoms with Crippen molar-refractivity contribution >= 4 is 5.97 Å². The molecule has 1 saturated carbocycles. The fraction of sp³-hybridized carbons (Fsp3) is 0.929. The number of aliphatic carboxylic acids is 1. The first kappa shape index (κ1) is 14.5. The van der Waals surface area contributed by atoms with Gasteiger partial charge in [0, 0.05) is 12.1 Å². The molecule has 17 heavy (non-hydrogen) atoms. The molecule has 1 unspecified atom stereocenters. The number of carbonyl (C=O) groups is 1. The molecular weight excluding hydrogens is 214 g/mol. The van der Waals surface area contributed by atoms with Gasteiger partial charge in [0.25, 0.3) is 0 Å². The Hall–Kier alpha value is -0.570. The Morgan fingerprint density at radius 1 is 1.29 bits per heavy atom. The highest BCUT2D eigenvalue weighted by molar-refractivity contribution is 5.69. The van der Waals surface area contributed by atoms with Gasteiger partial charge in [-0.15, -0.1) is 0 Å². The largest absolute Gasteiger partial charge is 0.480 e. The second-order valence-corrected chi connectivity index (χ2v) is 5.41. The normalized spacial score (nSPS) is 27.1. The Labute approximate surface area is 105 Å². The molecule has 0 amide bonds. The van der Waals surface area contributed by atoms with Crippen molar-refractivity contribution in [3.63, 3.8) is 0 Å². The molecule has 0 aromatic rings. The molecule has 3 heteroatoms. The summed E-state index contributed by atoms with van der Waals surface area (Å²) < 4.78 is 0. The summed E-state index contributed by atoms with van der Waals surface area (Å²) in [6.07, 6.45) is 7.20. The average molecular weight is 241 g/mol. The summed E-state index contributed by atoms with van der Waals surface area (Å²) in [6.45, 7) is 6.75. The van der Waals surface area contributed by atoms with E-state index < -0.39 is 5.97 Å². The van der Waals surface area contributed by atoms with Crippen LogP contribution in [0.15, 0.2) is 0 Å². The van der Waals surface area contributed by atoms with Crippen molar-refractivity contribution in [2.24, 2.45) is 5.92 Å². The Morgan fingerprint density at radius 3 is 2.29 bits per heavy atom. The Balaban J connectivity index is 2.55. The molecule has 0 aromatic carbocycles. The van der Waals surface area contributed by atoms with E-state index in [4.69, 9.17) is 5.11 Å². The van der Waals surface area contributed by atoms with E-state index in [1.165, 1.54) is 32.1 Å². The molecule has 1 N–H and O–H groups in total. The number of carboxylic acids is 1. The lowest BCUT2D eigenvalue weighted by molar-refractivity contribution is -0.140. The summed E-state index contributed by atoms with van der Waals surface area (Å²) in [5.74, 6) is 0.178. The Bertz CT molecular complexity index is 234. The summed E-state index contributed by atoms with van der Waals surface area (Å²) in [4.78, 5) is 13.2. The molecule has 0 aliphatic heterocycles. The topological polar surface area (TPSA) is 40.5 Å². The predicted octanol–water partition coefficient (Wildman–Crippen LogP) is 3.14. The van der Waals surface area contributed by atoms with Gasteiger partial charge in [-0.1, -0.05) is 20.3 Å². The first-order valence-electron chi connectivity index (χ1n) is 7.05. The van der Waals surface area contributed by atoms with Crippen LogP contribution in [0.5, 0.6) is 0 Å². The molecule has 0 saturated heterocycles. The highest BCUT2D eigenvalue weighted by Gasteiger charge is 2.28. The zero-order valence-electron chi connectivity index (χ0n) is 11.5. The maximum absolute atomic E-state index is 11.0. The maximum atomic E-state index is 11.0. The van der Waals surface area contributed by atoms with Crippen LogP contribution in [0.2, 0.25) is 0 Å². The van der Waals surface area contributed by atoms with Gasteiger partial charge in [0.2, 0.25) is 0 Å². The van der Waals surface area contributed by atoms with Crippen LogP contribution in [-0.2, 0) is 4.79 Å². The van der Waals surface area contributed by atoms with Crippen LogP contribution >= 0.6 is 0 Å². The minimum atomic E-state index is -0.692. The highest BCUT2D eigenvalue weighted by Crippen LogP contribution is 2.30. The van der Waals surface area contributed by atoms with E-state index in [9.17, 15) is 4.79 Å². The van der Waals surface area contributed by atoms with Gasteiger partial charge in [0.05, 0.1) is 6.54 Å². The summed E-state index contributed by atoms with van der Waals surface area (Å²) >= 11 is 0. The fourth-order valence-corrected chi connectivity index (χ4v) is 2.92. The number of rotatable bonds is 6. The molecule has 3 nitrogen and oxygen atoms in total. The lowest BCUT2D eigenvalue weighted by Gasteiger charge is -2.39. The van der Waals surface area contributed by atoms with Gasteiger partial charge in [0.1, 0.15) is 0 Å². The highest BCUT2D eigenvalue weighted by atomic mass is 16.4. The van der Waals surface area contributed by atoms with Crippen LogP contribution in [0, 0.1) is 5.92 Å². The molecule has 0 spiro atoms. The zero-order valence-corrected chi connectivity index (χ0v) is 11.5. The van der Waals surface area contributed by atoms with Crippen molar-refractivity contribution < 1.29 is 9.90 Å². The first-order chi connectivity index (χ1) is 8.08. The molecule has 0 aromatic heterocycles. The smallest absolute Gasteiger partial charge is 0.317 e. The van der Waals surface area contributed by atoms with Crippen LogP contribution in [0.1, 0.15) is 59.3 Å². The third-order valence-corrected chi connectivity index (χ3v) is 4.34. The SMILES string of the molecule is CCC1CCC(N(CC(=O)O)C(C)CC)CC1. The van der Waals surface area contributed by atoms with Gasteiger partial charge in [-0.05, 0) is 44.9 Å². The van der Waals surface area contributed by atoms with E-state index >= 15 is 0 Å². The second kappa shape index (κ2) is 7.00. The van der Waals surface area contributed by atoms with E-state index in [1.807, 2.05) is 0 Å². The Morgan fingerprint density at radius 2 is 1.88 bits per heavy atom. The minimum Gasteiger partial charge on any atom is -0.480 e. The quantitative estimate of drug-likeness (QED) is 0.776. The number of nitrogens with zero attached hydrogens (tertiary/aromatic N) is 1. The van der Waals surface area contributed by atoms with Crippen molar-refractivity contribution in [1.29, 1.82) is 0 Å². The molecule has 1 aliphatic carbocycles. The van der Waals surface area contributed by atoms with Crippen LogP contribution in [0.25, 0.3) is 0 Å². The average Bonchev–Trinajstić information content (AvgIpc) is 2.35. The summed E-state index contributed by atoms with van der Waals surface area (Å²) in [6, 6.07) is 0.873. The van der Waals surface area contributed by atoms with Gasteiger partial charge in [-0.25, -0.2) is 0 Å². The van der Waals surface area contributed by atoms with Gasteiger partial charge in [-0.3, -0.25) is 9.69 Å². The zero-order chi connectivity index (χ0) is 12.8. The maximum Gasteiger partial charge on any atom is 0.317 e. The third kappa shape index (κ3) is 4.30. The number of hydrogen-bond donors (Lipinski definition) is 1. The summed E-state index contributed by atoms with van der Waals surface area (Å²) in [7, 11) is 0. The lowest BCUT2D eigenvalue weighted by Crippen LogP contribution is -2.46. The van der Waals surface area contributed by atoms with Crippen LogP contribution in [-0.4, -0.2) is 34.6 Å². The van der Waals surface area contributed by atoms with Gasteiger partial charge < -0.3 is 5.11 Å². The minimum absolute atomic E-state index is 0.205. The van der Waals surface area contributed by atoms with Crippen molar-refractivity contribution in [2.75, 3.05) is 6.54 Å². The van der Waals surface area contributed by atoms with Gasteiger partial charge in [-0.2, -0.15) is 0 Å². The molecule has 100 valence electrons. The Kier molecular flexibility index (Phi) is 5.96. The summed E-state index contributed by atoms with van der Waals surface area (Å²) in [5.41, 5.74) is 0. The molecule has 1 aliphatic rings. The molecule has 1 fully saturated rings. The van der Waals surface area contributed by atoms with E-state index in [-0.39, 0.29) is 6.54 Å². The molecule has 0 bridgehead atoms. The van der Waals surface area contributed by atoms with E-state index in [2.05, 4.69) is 25.7 Å². The van der Waals surface area contributed by atoms with Crippen LogP contribution in [0.4, 0.5) is 0 Å². The monoisotopic (exact) mass is 241 g/mol. The van der Waals surface area contributed by atoms with E-state index in [0.29, 0.717) is 12.1 Å². The molecule has 1 atom stereocenters. The number of carboxylic acid groups (broad SMARTS) is 1. The first-order valence-corrected chi connectivity index (χ1v) is 7.05. The molecule has 0 heterocycles.